The topological polar surface area (TPSA) is 40.6 Å². The highest BCUT2D eigenvalue weighted by molar-refractivity contribution is 5.84. The summed E-state index contributed by atoms with van der Waals surface area (Å²) in [7, 11) is 0. The van der Waals surface area contributed by atoms with Gasteiger partial charge in [0.1, 0.15) is 5.82 Å². The summed E-state index contributed by atoms with van der Waals surface area (Å²) < 4.78 is 13.1. The van der Waals surface area contributed by atoms with Crippen LogP contribution in [0, 0.1) is 17.7 Å². The molecule has 4 nitrogen and oxygen atoms in total. The third-order valence-electron chi connectivity index (χ3n) is 5.93. The number of hydrogen-bond acceptors (Lipinski definition) is 2. The van der Waals surface area contributed by atoms with Gasteiger partial charge in [-0.3, -0.25) is 9.59 Å². The molecule has 1 aromatic rings. The first-order chi connectivity index (χ1) is 13.0. The Morgan fingerprint density at radius 1 is 1.00 bits per heavy atom. The Hall–Kier alpha value is -1.91. The molecule has 2 aliphatic rings. The Kier molecular flexibility index (Phi) is 6.51. The number of amides is 2. The minimum Gasteiger partial charge on any atom is -0.339 e. The van der Waals surface area contributed by atoms with Crippen LogP contribution in [0.3, 0.4) is 0 Å². The van der Waals surface area contributed by atoms with E-state index in [0.29, 0.717) is 26.2 Å². The maximum Gasteiger partial charge on any atom is 0.226 e. The minimum absolute atomic E-state index is 0.0191. The van der Waals surface area contributed by atoms with Gasteiger partial charge in [-0.1, -0.05) is 38.8 Å². The summed E-state index contributed by atoms with van der Waals surface area (Å²) in [6.07, 6.45) is 4.81. The van der Waals surface area contributed by atoms with E-state index in [4.69, 9.17) is 0 Å². The van der Waals surface area contributed by atoms with Crippen LogP contribution in [0.4, 0.5) is 4.39 Å². The molecule has 1 aliphatic heterocycles. The van der Waals surface area contributed by atoms with Gasteiger partial charge in [-0.15, -0.1) is 0 Å². The summed E-state index contributed by atoms with van der Waals surface area (Å²) >= 11 is 0. The van der Waals surface area contributed by atoms with Gasteiger partial charge in [0.25, 0.3) is 0 Å². The summed E-state index contributed by atoms with van der Waals surface area (Å²) in [4.78, 5) is 29.4. The number of benzene rings is 1. The Bertz CT molecular complexity index is 647. The van der Waals surface area contributed by atoms with Crippen molar-refractivity contribution in [3.63, 3.8) is 0 Å². The van der Waals surface area contributed by atoms with E-state index in [1.807, 2.05) is 9.80 Å². The molecule has 2 unspecified atom stereocenters. The van der Waals surface area contributed by atoms with Crippen molar-refractivity contribution >= 4 is 11.8 Å². The Morgan fingerprint density at radius 2 is 1.56 bits per heavy atom. The molecule has 3 rings (SSSR count). The van der Waals surface area contributed by atoms with Crippen LogP contribution in [-0.4, -0.2) is 47.8 Å². The van der Waals surface area contributed by atoms with E-state index in [1.54, 1.807) is 12.1 Å². The quantitative estimate of drug-likeness (QED) is 0.728. The van der Waals surface area contributed by atoms with Gasteiger partial charge >= 0.3 is 0 Å². The largest absolute Gasteiger partial charge is 0.339 e. The lowest BCUT2D eigenvalue weighted by molar-refractivity contribution is -0.143. The molecule has 148 valence electrons. The standard InChI is InChI=1S/C22H31FN2O2/c1-3-5-17(6-4-2)21(26)24-11-13-25(14-12-24)22(27)20-15-19(20)16-7-9-18(23)10-8-16/h7-10,17,19-20H,3-6,11-15H2,1-2H3. The molecule has 0 radical (unpaired) electrons. The second kappa shape index (κ2) is 8.85. The summed E-state index contributed by atoms with van der Waals surface area (Å²) in [5, 5.41) is 0. The van der Waals surface area contributed by atoms with Crippen LogP contribution < -0.4 is 0 Å². The predicted octanol–water partition coefficient (Wildman–Crippen LogP) is 3.82. The van der Waals surface area contributed by atoms with Gasteiger partial charge in [-0.2, -0.15) is 0 Å². The van der Waals surface area contributed by atoms with Crippen LogP contribution in [-0.2, 0) is 9.59 Å². The maximum absolute atomic E-state index is 13.1. The van der Waals surface area contributed by atoms with Crippen molar-refractivity contribution in [2.75, 3.05) is 26.2 Å². The molecule has 27 heavy (non-hydrogen) atoms. The lowest BCUT2D eigenvalue weighted by atomic mass is 9.96. The highest BCUT2D eigenvalue weighted by Crippen LogP contribution is 2.48. The van der Waals surface area contributed by atoms with Gasteiger partial charge in [0.05, 0.1) is 0 Å². The molecular formula is C22H31FN2O2. The third-order valence-corrected chi connectivity index (χ3v) is 5.93. The van der Waals surface area contributed by atoms with Crippen LogP contribution in [0.1, 0.15) is 57.4 Å². The van der Waals surface area contributed by atoms with E-state index in [1.165, 1.54) is 12.1 Å². The second-order valence-corrected chi connectivity index (χ2v) is 7.93. The van der Waals surface area contributed by atoms with E-state index in [9.17, 15) is 14.0 Å². The maximum atomic E-state index is 13.1. The monoisotopic (exact) mass is 374 g/mol. The van der Waals surface area contributed by atoms with Gasteiger partial charge in [0, 0.05) is 38.0 Å². The molecule has 0 aromatic heterocycles. The molecule has 2 fully saturated rings. The molecule has 1 aliphatic carbocycles. The van der Waals surface area contributed by atoms with E-state index < -0.39 is 0 Å². The number of carbonyl (C=O) groups is 2. The predicted molar refractivity (Wildman–Crippen MR) is 104 cm³/mol. The SMILES string of the molecule is CCCC(CCC)C(=O)N1CCN(C(=O)C2CC2c2ccc(F)cc2)CC1. The smallest absolute Gasteiger partial charge is 0.226 e. The molecule has 1 heterocycles. The zero-order valence-electron chi connectivity index (χ0n) is 16.5. The van der Waals surface area contributed by atoms with Gasteiger partial charge in [-0.25, -0.2) is 4.39 Å². The van der Waals surface area contributed by atoms with Crippen LogP contribution in [0.5, 0.6) is 0 Å². The number of piperazine rings is 1. The second-order valence-electron chi connectivity index (χ2n) is 7.93. The van der Waals surface area contributed by atoms with E-state index in [-0.39, 0.29) is 35.4 Å². The molecule has 2 amide bonds. The zero-order chi connectivity index (χ0) is 19.4. The number of halogens is 1. The van der Waals surface area contributed by atoms with Gasteiger partial charge < -0.3 is 9.80 Å². The molecule has 0 bridgehead atoms. The molecular weight excluding hydrogens is 343 g/mol. The van der Waals surface area contributed by atoms with E-state index >= 15 is 0 Å². The molecule has 2 atom stereocenters. The zero-order valence-corrected chi connectivity index (χ0v) is 16.5. The van der Waals surface area contributed by atoms with Crippen LogP contribution in [0.2, 0.25) is 0 Å². The van der Waals surface area contributed by atoms with Crippen molar-refractivity contribution in [1.82, 2.24) is 9.80 Å². The minimum atomic E-state index is -0.243. The summed E-state index contributed by atoms with van der Waals surface area (Å²) in [5.74, 6) is 0.583. The molecule has 1 saturated heterocycles. The summed E-state index contributed by atoms with van der Waals surface area (Å²) in [5.41, 5.74) is 1.05. The first kappa shape index (κ1) is 19.8. The highest BCUT2D eigenvalue weighted by Gasteiger charge is 2.46. The van der Waals surface area contributed by atoms with Crippen molar-refractivity contribution in [3.05, 3.63) is 35.6 Å². The lowest BCUT2D eigenvalue weighted by Crippen LogP contribution is -2.52. The summed E-state index contributed by atoms with van der Waals surface area (Å²) in [6.45, 7) is 6.79. The van der Waals surface area contributed by atoms with E-state index in [0.717, 1.165) is 37.7 Å². The highest BCUT2D eigenvalue weighted by atomic mass is 19.1. The van der Waals surface area contributed by atoms with Crippen molar-refractivity contribution in [3.8, 4) is 0 Å². The van der Waals surface area contributed by atoms with Crippen LogP contribution in [0.25, 0.3) is 0 Å². The van der Waals surface area contributed by atoms with Crippen molar-refractivity contribution < 1.29 is 14.0 Å². The molecule has 1 aromatic carbocycles. The number of hydrogen-bond donors (Lipinski definition) is 0. The van der Waals surface area contributed by atoms with Gasteiger partial charge in [0.15, 0.2) is 0 Å². The third kappa shape index (κ3) is 4.69. The first-order valence-corrected chi connectivity index (χ1v) is 10.4. The van der Waals surface area contributed by atoms with E-state index in [2.05, 4.69) is 13.8 Å². The van der Waals surface area contributed by atoms with Crippen LogP contribution in [0.15, 0.2) is 24.3 Å². The van der Waals surface area contributed by atoms with Gasteiger partial charge in [-0.05, 0) is 42.9 Å². The lowest BCUT2D eigenvalue weighted by Gasteiger charge is -2.36. The fourth-order valence-electron chi connectivity index (χ4n) is 4.27. The summed E-state index contributed by atoms with van der Waals surface area (Å²) in [6, 6.07) is 6.49. The van der Waals surface area contributed by atoms with Gasteiger partial charge in [0.2, 0.25) is 11.8 Å². The Morgan fingerprint density at radius 3 is 2.11 bits per heavy atom. The Labute approximate surface area is 161 Å². The average Bonchev–Trinajstić information content (AvgIpc) is 3.48. The number of carbonyl (C=O) groups excluding carboxylic acids is 2. The molecule has 1 saturated carbocycles. The number of rotatable bonds is 7. The van der Waals surface area contributed by atoms with Crippen molar-refractivity contribution in [1.29, 1.82) is 0 Å². The molecule has 0 spiro atoms. The van der Waals surface area contributed by atoms with Crippen molar-refractivity contribution in [2.45, 2.75) is 51.9 Å². The number of nitrogens with zero attached hydrogens (tertiary/aromatic N) is 2. The Balaban J connectivity index is 1.50. The van der Waals surface area contributed by atoms with Crippen molar-refractivity contribution in [2.24, 2.45) is 11.8 Å². The fraction of sp³-hybridized carbons (Fsp3) is 0.636. The fourth-order valence-corrected chi connectivity index (χ4v) is 4.27. The average molecular weight is 375 g/mol. The van der Waals surface area contributed by atoms with Crippen LogP contribution >= 0.6 is 0 Å². The molecule has 0 N–H and O–H groups in total. The normalized spacial score (nSPS) is 22.2. The molecule has 5 heteroatoms. The first-order valence-electron chi connectivity index (χ1n) is 10.4.